The van der Waals surface area contributed by atoms with E-state index in [1.165, 1.54) is 32.7 Å². The lowest BCUT2D eigenvalue weighted by Gasteiger charge is -2.08. The molecule has 0 radical (unpaired) electrons. The van der Waals surface area contributed by atoms with Crippen molar-refractivity contribution < 1.29 is 0 Å². The minimum atomic E-state index is 1.08. The first-order valence-electron chi connectivity index (χ1n) is 6.74. The van der Waals surface area contributed by atoms with Crippen LogP contribution < -0.4 is 0 Å². The van der Waals surface area contributed by atoms with Crippen LogP contribution in [-0.4, -0.2) is 4.98 Å². The highest BCUT2D eigenvalue weighted by atomic mass is 32.1. The van der Waals surface area contributed by atoms with Gasteiger partial charge >= 0.3 is 0 Å². The van der Waals surface area contributed by atoms with E-state index in [1.54, 1.807) is 11.3 Å². The molecule has 0 aliphatic heterocycles. The number of rotatable bonds is 2. The molecule has 0 fully saturated rings. The minimum Gasteiger partial charge on any atom is -0.244 e. The summed E-state index contributed by atoms with van der Waals surface area (Å²) in [6.45, 7) is 6.50. The molecule has 0 aliphatic carbocycles. The van der Waals surface area contributed by atoms with Gasteiger partial charge in [0.15, 0.2) is 0 Å². The molecule has 2 heteroatoms. The number of aromatic nitrogens is 1. The maximum atomic E-state index is 4.59. The lowest BCUT2D eigenvalue weighted by molar-refractivity contribution is 1.32. The van der Waals surface area contributed by atoms with Crippen LogP contribution in [0.25, 0.3) is 21.0 Å². The van der Waals surface area contributed by atoms with Gasteiger partial charge in [-0.3, -0.25) is 0 Å². The number of hydrogen-bond acceptors (Lipinski definition) is 2. The van der Waals surface area contributed by atoms with E-state index in [0.717, 1.165) is 5.01 Å². The topological polar surface area (TPSA) is 12.9 Å². The predicted molar refractivity (Wildman–Crippen MR) is 87.2 cm³/mol. The highest BCUT2D eigenvalue weighted by molar-refractivity contribution is 7.18. The number of thiazole rings is 1. The van der Waals surface area contributed by atoms with Crippen LogP contribution in [-0.2, 0) is 0 Å². The molecule has 100 valence electrons. The second-order valence-electron chi connectivity index (χ2n) is 5.17. The van der Waals surface area contributed by atoms with Gasteiger partial charge in [-0.25, -0.2) is 4.98 Å². The molecule has 2 aromatic carbocycles. The Balaban J connectivity index is 2.07. The van der Waals surface area contributed by atoms with E-state index in [4.69, 9.17) is 0 Å². The molecule has 0 saturated carbocycles. The van der Waals surface area contributed by atoms with Crippen LogP contribution in [0, 0.1) is 20.8 Å². The number of benzene rings is 2. The average Bonchev–Trinajstić information content (AvgIpc) is 2.88. The van der Waals surface area contributed by atoms with E-state index in [-0.39, 0.29) is 0 Å². The van der Waals surface area contributed by atoms with Crippen molar-refractivity contribution in [2.24, 2.45) is 0 Å². The molecule has 0 N–H and O–H groups in total. The van der Waals surface area contributed by atoms with Crippen molar-refractivity contribution in [1.29, 1.82) is 0 Å². The molecule has 0 spiro atoms. The van der Waals surface area contributed by atoms with E-state index < -0.39 is 0 Å². The summed E-state index contributed by atoms with van der Waals surface area (Å²) < 4.78 is 0. The average molecular weight is 279 g/mol. The second-order valence-corrected chi connectivity index (χ2v) is 6.20. The Kier molecular flexibility index (Phi) is 3.41. The van der Waals surface area contributed by atoms with Gasteiger partial charge in [0.2, 0.25) is 0 Å². The summed E-state index contributed by atoms with van der Waals surface area (Å²) in [7, 11) is 0. The second kappa shape index (κ2) is 5.22. The fourth-order valence-corrected chi connectivity index (χ4v) is 3.77. The largest absolute Gasteiger partial charge is 0.244 e. The SMILES string of the molecule is Cc1cc(C)c(-c2cnc(-c3ccccc3)s2)c(C)c1. The van der Waals surface area contributed by atoms with Crippen molar-refractivity contribution in [3.8, 4) is 21.0 Å². The molecule has 0 bridgehead atoms. The van der Waals surface area contributed by atoms with Crippen LogP contribution in [0.5, 0.6) is 0 Å². The maximum absolute atomic E-state index is 4.59. The zero-order valence-electron chi connectivity index (χ0n) is 12.0. The van der Waals surface area contributed by atoms with Gasteiger partial charge in [-0.2, -0.15) is 0 Å². The molecule has 20 heavy (non-hydrogen) atoms. The Morgan fingerprint density at radius 1 is 0.900 bits per heavy atom. The Morgan fingerprint density at radius 2 is 1.55 bits per heavy atom. The summed E-state index contributed by atoms with van der Waals surface area (Å²) in [5, 5.41) is 1.08. The Hall–Kier alpha value is -1.93. The molecule has 0 amide bonds. The standard InChI is InChI=1S/C18H17NS/c1-12-9-13(2)17(14(3)10-12)16-11-19-18(20-16)15-7-5-4-6-8-15/h4-11H,1-3H3. The van der Waals surface area contributed by atoms with Gasteiger partial charge in [0, 0.05) is 11.8 Å². The number of hydrogen-bond donors (Lipinski definition) is 0. The monoisotopic (exact) mass is 279 g/mol. The van der Waals surface area contributed by atoms with Crippen LogP contribution in [0.3, 0.4) is 0 Å². The van der Waals surface area contributed by atoms with Gasteiger partial charge in [0.1, 0.15) is 5.01 Å². The molecule has 1 nitrogen and oxygen atoms in total. The first kappa shape index (κ1) is 13.1. The zero-order chi connectivity index (χ0) is 14.1. The molecule has 3 rings (SSSR count). The predicted octanol–water partition coefficient (Wildman–Crippen LogP) is 5.40. The van der Waals surface area contributed by atoms with Crippen LogP contribution in [0.4, 0.5) is 0 Å². The van der Waals surface area contributed by atoms with E-state index in [2.05, 4.69) is 62.2 Å². The van der Waals surface area contributed by atoms with E-state index in [9.17, 15) is 0 Å². The summed E-state index contributed by atoms with van der Waals surface area (Å²) in [6, 6.07) is 14.8. The zero-order valence-corrected chi connectivity index (χ0v) is 12.8. The smallest absolute Gasteiger partial charge is 0.123 e. The molecular formula is C18H17NS. The molecular weight excluding hydrogens is 262 g/mol. The number of aryl methyl sites for hydroxylation is 3. The van der Waals surface area contributed by atoms with Crippen LogP contribution in [0.15, 0.2) is 48.7 Å². The van der Waals surface area contributed by atoms with Gasteiger partial charge in [-0.05, 0) is 37.5 Å². The molecule has 1 aromatic heterocycles. The van der Waals surface area contributed by atoms with Crippen molar-refractivity contribution in [1.82, 2.24) is 4.98 Å². The number of nitrogens with zero attached hydrogens (tertiary/aromatic N) is 1. The van der Waals surface area contributed by atoms with E-state index in [0.29, 0.717) is 0 Å². The van der Waals surface area contributed by atoms with Crippen molar-refractivity contribution in [3.63, 3.8) is 0 Å². The third kappa shape index (κ3) is 2.39. The van der Waals surface area contributed by atoms with Gasteiger partial charge in [-0.1, -0.05) is 48.0 Å². The molecule has 0 atom stereocenters. The summed E-state index contributed by atoms with van der Waals surface area (Å²) >= 11 is 1.76. The van der Waals surface area contributed by atoms with Crippen LogP contribution in [0.2, 0.25) is 0 Å². The minimum absolute atomic E-state index is 1.08. The third-order valence-electron chi connectivity index (χ3n) is 3.45. The molecule has 0 aliphatic rings. The fourth-order valence-electron chi connectivity index (χ4n) is 2.67. The molecule has 3 aromatic rings. The highest BCUT2D eigenvalue weighted by Gasteiger charge is 2.11. The Labute approximate surface area is 124 Å². The lowest BCUT2D eigenvalue weighted by Crippen LogP contribution is -1.87. The Bertz CT molecular complexity index is 718. The quantitative estimate of drug-likeness (QED) is 0.612. The van der Waals surface area contributed by atoms with Crippen LogP contribution >= 0.6 is 11.3 Å². The molecule has 0 saturated heterocycles. The molecule has 1 heterocycles. The van der Waals surface area contributed by atoms with Gasteiger partial charge in [-0.15, -0.1) is 11.3 Å². The van der Waals surface area contributed by atoms with Crippen molar-refractivity contribution >= 4 is 11.3 Å². The van der Waals surface area contributed by atoms with Gasteiger partial charge in [0.25, 0.3) is 0 Å². The summed E-state index contributed by atoms with van der Waals surface area (Å²) in [5.74, 6) is 0. The normalized spacial score (nSPS) is 10.8. The summed E-state index contributed by atoms with van der Waals surface area (Å²) in [5.41, 5.74) is 6.48. The van der Waals surface area contributed by atoms with Crippen molar-refractivity contribution in [3.05, 3.63) is 65.4 Å². The Morgan fingerprint density at radius 3 is 2.20 bits per heavy atom. The fraction of sp³-hybridized carbons (Fsp3) is 0.167. The van der Waals surface area contributed by atoms with E-state index >= 15 is 0 Å². The van der Waals surface area contributed by atoms with Crippen molar-refractivity contribution in [2.75, 3.05) is 0 Å². The van der Waals surface area contributed by atoms with Gasteiger partial charge < -0.3 is 0 Å². The van der Waals surface area contributed by atoms with Crippen LogP contribution in [0.1, 0.15) is 16.7 Å². The van der Waals surface area contributed by atoms with Gasteiger partial charge in [0.05, 0.1) is 4.88 Å². The first-order valence-corrected chi connectivity index (χ1v) is 7.56. The van der Waals surface area contributed by atoms with E-state index in [1.807, 2.05) is 12.3 Å². The lowest BCUT2D eigenvalue weighted by atomic mass is 9.99. The third-order valence-corrected chi connectivity index (χ3v) is 4.51. The highest BCUT2D eigenvalue weighted by Crippen LogP contribution is 2.35. The molecule has 0 unspecified atom stereocenters. The summed E-state index contributed by atoms with van der Waals surface area (Å²) in [6.07, 6.45) is 2.00. The first-order chi connectivity index (χ1) is 9.65. The maximum Gasteiger partial charge on any atom is 0.123 e. The van der Waals surface area contributed by atoms with Crippen molar-refractivity contribution in [2.45, 2.75) is 20.8 Å². The summed E-state index contributed by atoms with van der Waals surface area (Å²) in [4.78, 5) is 5.83.